The van der Waals surface area contributed by atoms with Crippen LogP contribution in [0.3, 0.4) is 0 Å². The molecule has 1 N–H and O–H groups in total. The number of anilines is 2. The van der Waals surface area contributed by atoms with Crippen LogP contribution in [0.15, 0.2) is 55.0 Å². The molecule has 1 saturated carbocycles. The number of carbonyl (C=O) groups is 2. The van der Waals surface area contributed by atoms with Crippen molar-refractivity contribution in [2.24, 2.45) is 11.3 Å². The number of nitrogens with one attached hydrogen (secondary N) is 1. The van der Waals surface area contributed by atoms with Crippen molar-refractivity contribution in [3.05, 3.63) is 60.6 Å². The van der Waals surface area contributed by atoms with Crippen LogP contribution in [0.5, 0.6) is 0 Å². The van der Waals surface area contributed by atoms with Crippen molar-refractivity contribution in [3.63, 3.8) is 0 Å². The molecule has 2 fully saturated rings. The summed E-state index contributed by atoms with van der Waals surface area (Å²) in [6, 6.07) is 12.5. The molecule has 1 aliphatic carbocycles. The third-order valence-corrected chi connectivity index (χ3v) is 6.75. The molecule has 190 valence electrons. The van der Waals surface area contributed by atoms with Crippen molar-refractivity contribution in [2.45, 2.75) is 38.4 Å². The molecule has 3 heterocycles. The quantitative estimate of drug-likeness (QED) is 0.511. The number of nitrogens with zero attached hydrogens (tertiary/aromatic N) is 5. The molecule has 1 aliphatic heterocycles. The highest BCUT2D eigenvalue weighted by molar-refractivity contribution is 6.02. The number of pyridine rings is 1. The van der Waals surface area contributed by atoms with Crippen LogP contribution in [0, 0.1) is 22.7 Å². The lowest BCUT2D eigenvalue weighted by atomic mass is 9.83. The standard InChI is InChI=1S/C26H23F3N6O2/c27-26(28,29)16-34-14-19(13-32-34)18-3-1-2-17(10-18)11-23(36)33-22-12-21(6-8-31-22)35-9-7-25(15-30,24(35)37)20-4-5-20/h1-3,6,8,10,12-14,20H,4-5,7,9,11,16H2,(H,31,33,36)/t25-/m1/s1. The second-order valence-electron chi connectivity index (χ2n) is 9.43. The average molecular weight is 509 g/mol. The number of benzene rings is 1. The summed E-state index contributed by atoms with van der Waals surface area (Å²) in [5.41, 5.74) is 1.43. The lowest BCUT2D eigenvalue weighted by molar-refractivity contribution is -0.142. The van der Waals surface area contributed by atoms with E-state index in [0.717, 1.165) is 17.5 Å². The second-order valence-corrected chi connectivity index (χ2v) is 9.43. The second kappa shape index (κ2) is 9.35. The summed E-state index contributed by atoms with van der Waals surface area (Å²) in [6.45, 7) is -0.741. The number of nitriles is 1. The summed E-state index contributed by atoms with van der Waals surface area (Å²) in [4.78, 5) is 31.6. The van der Waals surface area contributed by atoms with Gasteiger partial charge < -0.3 is 10.2 Å². The summed E-state index contributed by atoms with van der Waals surface area (Å²) < 4.78 is 38.7. The van der Waals surface area contributed by atoms with E-state index in [2.05, 4.69) is 21.5 Å². The van der Waals surface area contributed by atoms with Gasteiger partial charge in [0.25, 0.3) is 0 Å². The number of aromatic nitrogens is 3. The van der Waals surface area contributed by atoms with Gasteiger partial charge in [0.05, 0.1) is 18.7 Å². The van der Waals surface area contributed by atoms with Gasteiger partial charge in [-0.25, -0.2) is 4.98 Å². The van der Waals surface area contributed by atoms with Crippen molar-refractivity contribution in [3.8, 4) is 17.2 Å². The average Bonchev–Trinajstić information content (AvgIpc) is 3.51. The molecular formula is C26H23F3N6O2. The Labute approximate surface area is 210 Å². The fraction of sp³-hybridized carbons (Fsp3) is 0.346. The van der Waals surface area contributed by atoms with E-state index in [1.54, 1.807) is 41.3 Å². The zero-order chi connectivity index (χ0) is 26.2. The van der Waals surface area contributed by atoms with Gasteiger partial charge in [-0.1, -0.05) is 24.3 Å². The van der Waals surface area contributed by atoms with Crippen LogP contribution in [-0.2, 0) is 22.6 Å². The SMILES string of the molecule is N#C[C@@]1(C2CC2)CCN(c2ccnc(NC(=O)Cc3cccc(-c4cnn(CC(F)(F)F)c4)c3)c2)C1=O. The fourth-order valence-corrected chi connectivity index (χ4v) is 4.81. The van der Waals surface area contributed by atoms with E-state index in [0.29, 0.717) is 35.3 Å². The highest BCUT2D eigenvalue weighted by Crippen LogP contribution is 2.51. The minimum atomic E-state index is -4.37. The molecule has 5 rings (SSSR count). The summed E-state index contributed by atoms with van der Waals surface area (Å²) in [5, 5.41) is 16.2. The maximum Gasteiger partial charge on any atom is 0.408 e. The topological polar surface area (TPSA) is 104 Å². The highest BCUT2D eigenvalue weighted by Gasteiger charge is 2.56. The molecule has 0 radical (unpaired) electrons. The predicted octanol–water partition coefficient (Wildman–Crippen LogP) is 4.35. The lowest BCUT2D eigenvalue weighted by Crippen LogP contribution is -2.35. The normalized spacial score (nSPS) is 19.6. The smallest absolute Gasteiger partial charge is 0.311 e. The van der Waals surface area contributed by atoms with E-state index < -0.39 is 18.1 Å². The number of halogens is 3. The van der Waals surface area contributed by atoms with E-state index in [-0.39, 0.29) is 30.0 Å². The Morgan fingerprint density at radius 3 is 2.76 bits per heavy atom. The van der Waals surface area contributed by atoms with Crippen LogP contribution in [0.1, 0.15) is 24.8 Å². The highest BCUT2D eigenvalue weighted by atomic mass is 19.4. The van der Waals surface area contributed by atoms with Gasteiger partial charge in [0, 0.05) is 36.3 Å². The first-order chi connectivity index (χ1) is 17.7. The van der Waals surface area contributed by atoms with Gasteiger partial charge in [-0.3, -0.25) is 14.3 Å². The molecule has 0 unspecified atom stereocenters. The molecule has 3 aromatic rings. The zero-order valence-electron chi connectivity index (χ0n) is 19.7. The molecule has 11 heteroatoms. The number of carbonyl (C=O) groups excluding carboxylic acids is 2. The Morgan fingerprint density at radius 2 is 2.03 bits per heavy atom. The minimum absolute atomic E-state index is 0.0122. The molecule has 0 spiro atoms. The van der Waals surface area contributed by atoms with Crippen molar-refractivity contribution < 1.29 is 22.8 Å². The van der Waals surface area contributed by atoms with Gasteiger partial charge >= 0.3 is 6.18 Å². The monoisotopic (exact) mass is 508 g/mol. The van der Waals surface area contributed by atoms with Crippen LogP contribution in [0.2, 0.25) is 0 Å². The van der Waals surface area contributed by atoms with Gasteiger partial charge in [-0.05, 0) is 42.4 Å². The third kappa shape index (κ3) is 5.18. The van der Waals surface area contributed by atoms with Gasteiger partial charge in [-0.2, -0.15) is 23.5 Å². The number of hydrogen-bond acceptors (Lipinski definition) is 5. The van der Waals surface area contributed by atoms with Crippen molar-refractivity contribution in [1.82, 2.24) is 14.8 Å². The van der Waals surface area contributed by atoms with E-state index in [1.165, 1.54) is 18.6 Å². The third-order valence-electron chi connectivity index (χ3n) is 6.75. The molecule has 2 aliphatic rings. The maximum atomic E-state index is 13.1. The van der Waals surface area contributed by atoms with Crippen LogP contribution < -0.4 is 10.2 Å². The summed E-state index contributed by atoms with van der Waals surface area (Å²) >= 11 is 0. The van der Waals surface area contributed by atoms with E-state index in [1.807, 2.05) is 0 Å². The van der Waals surface area contributed by atoms with Crippen molar-refractivity contribution in [2.75, 3.05) is 16.8 Å². The van der Waals surface area contributed by atoms with Crippen LogP contribution in [0.4, 0.5) is 24.7 Å². The Balaban J connectivity index is 1.24. The molecule has 1 atom stereocenters. The van der Waals surface area contributed by atoms with Crippen molar-refractivity contribution >= 4 is 23.3 Å². The van der Waals surface area contributed by atoms with Gasteiger partial charge in [0.1, 0.15) is 17.8 Å². The molecule has 1 saturated heterocycles. The summed E-state index contributed by atoms with van der Waals surface area (Å²) in [5.74, 6) is -0.144. The predicted molar refractivity (Wildman–Crippen MR) is 128 cm³/mol. The first-order valence-electron chi connectivity index (χ1n) is 11.8. The fourth-order valence-electron chi connectivity index (χ4n) is 4.81. The zero-order valence-corrected chi connectivity index (χ0v) is 19.7. The van der Waals surface area contributed by atoms with Crippen molar-refractivity contribution in [1.29, 1.82) is 5.26 Å². The first kappa shape index (κ1) is 24.5. The Bertz CT molecular complexity index is 1390. The molecule has 37 heavy (non-hydrogen) atoms. The van der Waals surface area contributed by atoms with Crippen LogP contribution >= 0.6 is 0 Å². The molecule has 2 aromatic heterocycles. The Morgan fingerprint density at radius 1 is 1.22 bits per heavy atom. The largest absolute Gasteiger partial charge is 0.408 e. The number of hydrogen-bond donors (Lipinski definition) is 1. The Hall–Kier alpha value is -4.20. The summed E-state index contributed by atoms with van der Waals surface area (Å²) in [7, 11) is 0. The van der Waals surface area contributed by atoms with Gasteiger partial charge in [-0.15, -0.1) is 0 Å². The van der Waals surface area contributed by atoms with Crippen LogP contribution in [0.25, 0.3) is 11.1 Å². The Kier molecular flexibility index (Phi) is 6.19. The van der Waals surface area contributed by atoms with E-state index in [4.69, 9.17) is 0 Å². The first-order valence-corrected chi connectivity index (χ1v) is 11.8. The molecule has 1 aromatic carbocycles. The number of rotatable bonds is 7. The minimum Gasteiger partial charge on any atom is -0.311 e. The molecule has 8 nitrogen and oxygen atoms in total. The molecule has 0 bridgehead atoms. The van der Waals surface area contributed by atoms with Crippen LogP contribution in [-0.4, -0.2) is 39.3 Å². The van der Waals surface area contributed by atoms with Gasteiger partial charge in [0.2, 0.25) is 11.8 Å². The molecular weight excluding hydrogens is 485 g/mol. The van der Waals surface area contributed by atoms with Gasteiger partial charge in [0.15, 0.2) is 0 Å². The maximum absolute atomic E-state index is 13.1. The summed E-state index contributed by atoms with van der Waals surface area (Å²) in [6.07, 6.45) is 2.08. The van der Waals surface area contributed by atoms with E-state index in [9.17, 15) is 28.0 Å². The number of amides is 2. The number of alkyl halides is 3. The lowest BCUT2D eigenvalue weighted by Gasteiger charge is -2.21. The molecule has 2 amide bonds. The van der Waals surface area contributed by atoms with E-state index >= 15 is 0 Å².